The van der Waals surface area contributed by atoms with Crippen molar-refractivity contribution in [2.75, 3.05) is 6.61 Å². The molecule has 6 nitrogen and oxygen atoms in total. The van der Waals surface area contributed by atoms with Gasteiger partial charge in [0.05, 0.1) is 25.2 Å². The number of amides is 1. The Hall–Kier alpha value is -1.92. The predicted octanol–water partition coefficient (Wildman–Crippen LogP) is 16.8. The molecule has 0 spiro atoms. The summed E-state index contributed by atoms with van der Waals surface area (Å²) in [7, 11) is 0. The first-order valence-electron chi connectivity index (χ1n) is 27.7. The highest BCUT2D eigenvalue weighted by Gasteiger charge is 2.24. The second kappa shape index (κ2) is 51.1. The highest BCUT2D eigenvalue weighted by molar-refractivity contribution is 5.77. The van der Waals surface area contributed by atoms with Gasteiger partial charge in [-0.25, -0.2) is 0 Å². The smallest absolute Gasteiger partial charge is 0.306 e. The molecule has 0 bridgehead atoms. The molecule has 0 aromatic carbocycles. The van der Waals surface area contributed by atoms with Crippen molar-refractivity contribution < 1.29 is 24.5 Å². The van der Waals surface area contributed by atoms with E-state index in [2.05, 4.69) is 62.5 Å². The minimum Gasteiger partial charge on any atom is -0.462 e. The van der Waals surface area contributed by atoms with Crippen LogP contribution in [0.2, 0.25) is 0 Å². The lowest BCUT2D eigenvalue weighted by Crippen LogP contribution is -2.46. The number of allylic oxidation sites excluding steroid dienone is 6. The number of aliphatic hydroxyl groups excluding tert-OH is 2. The summed E-state index contributed by atoms with van der Waals surface area (Å²) in [5.74, 6) is -0.485. The molecule has 0 aliphatic carbocycles. The second-order valence-electron chi connectivity index (χ2n) is 19.0. The van der Waals surface area contributed by atoms with E-state index in [0.717, 1.165) is 70.6 Å². The lowest BCUT2D eigenvalue weighted by atomic mass is 10.0. The van der Waals surface area contributed by atoms with Gasteiger partial charge >= 0.3 is 5.97 Å². The van der Waals surface area contributed by atoms with Gasteiger partial charge in [-0.3, -0.25) is 9.59 Å². The molecule has 0 aliphatic rings. The topological polar surface area (TPSA) is 95.9 Å². The number of aliphatic hydroxyl groups is 2. The van der Waals surface area contributed by atoms with E-state index in [1.807, 2.05) is 0 Å². The molecular weight excluding hydrogens is 779 g/mol. The molecule has 370 valence electrons. The summed E-state index contributed by atoms with van der Waals surface area (Å²) < 4.78 is 5.95. The Kier molecular flexibility index (Phi) is 49.5. The van der Waals surface area contributed by atoms with Gasteiger partial charge in [-0.1, -0.05) is 250 Å². The van der Waals surface area contributed by atoms with Crippen LogP contribution in [0.5, 0.6) is 0 Å². The molecule has 0 saturated heterocycles. The summed E-state index contributed by atoms with van der Waals surface area (Å²) in [4.78, 5) is 26.2. The second-order valence-corrected chi connectivity index (χ2v) is 19.0. The number of carbonyl (C=O) groups is 2. The van der Waals surface area contributed by atoms with Crippen LogP contribution < -0.4 is 5.32 Å². The van der Waals surface area contributed by atoms with E-state index < -0.39 is 18.2 Å². The van der Waals surface area contributed by atoms with Crippen molar-refractivity contribution in [2.45, 2.75) is 309 Å². The standard InChI is InChI=1S/C57H107NO5/c1-4-7-10-13-16-19-22-25-27-28-29-32-35-38-41-44-47-50-57(62)63-53(48-45-42-39-36-33-31-26-23-20-17-14-11-8-5-2)51-56(61)58-54(52-59)55(60)49-46-43-40-37-34-30-24-21-18-15-12-9-6-3/h16,19,25,27,29,32,53-55,59-60H,4-15,17-18,20-24,26,28,30-31,33-52H2,1-3H3,(H,58,61)/b19-16-,27-25-,32-29-. The Morgan fingerprint density at radius 1 is 0.460 bits per heavy atom. The van der Waals surface area contributed by atoms with Crippen molar-refractivity contribution >= 4 is 11.9 Å². The molecule has 0 fully saturated rings. The normalized spacial score (nSPS) is 13.4. The van der Waals surface area contributed by atoms with Crippen molar-refractivity contribution in [3.63, 3.8) is 0 Å². The third-order valence-corrected chi connectivity index (χ3v) is 12.7. The Morgan fingerprint density at radius 2 is 0.810 bits per heavy atom. The lowest BCUT2D eigenvalue weighted by molar-refractivity contribution is -0.151. The summed E-state index contributed by atoms with van der Waals surface area (Å²) in [5.41, 5.74) is 0. The van der Waals surface area contributed by atoms with Crippen molar-refractivity contribution in [1.82, 2.24) is 5.32 Å². The summed E-state index contributed by atoms with van der Waals surface area (Å²) in [6, 6.07) is -0.703. The number of esters is 1. The van der Waals surface area contributed by atoms with Crippen LogP contribution in [0.25, 0.3) is 0 Å². The highest BCUT2D eigenvalue weighted by atomic mass is 16.5. The Balaban J connectivity index is 4.58. The maximum Gasteiger partial charge on any atom is 0.306 e. The van der Waals surface area contributed by atoms with Crippen molar-refractivity contribution in [2.24, 2.45) is 0 Å². The fourth-order valence-electron chi connectivity index (χ4n) is 8.50. The predicted molar refractivity (Wildman–Crippen MR) is 273 cm³/mol. The molecule has 0 heterocycles. The molecular formula is C57H107NO5. The van der Waals surface area contributed by atoms with Gasteiger partial charge in [-0.2, -0.15) is 0 Å². The number of rotatable bonds is 50. The van der Waals surface area contributed by atoms with Crippen LogP contribution in [-0.4, -0.2) is 46.9 Å². The van der Waals surface area contributed by atoms with Crippen molar-refractivity contribution in [1.29, 1.82) is 0 Å². The van der Waals surface area contributed by atoms with Gasteiger partial charge in [0.15, 0.2) is 0 Å². The molecule has 0 saturated carbocycles. The van der Waals surface area contributed by atoms with Gasteiger partial charge in [-0.15, -0.1) is 0 Å². The van der Waals surface area contributed by atoms with Crippen LogP contribution in [-0.2, 0) is 14.3 Å². The minimum absolute atomic E-state index is 0.0728. The Labute approximate surface area is 392 Å². The van der Waals surface area contributed by atoms with Crippen molar-refractivity contribution in [3.8, 4) is 0 Å². The maximum absolute atomic E-state index is 13.2. The van der Waals surface area contributed by atoms with Crippen molar-refractivity contribution in [3.05, 3.63) is 36.5 Å². The van der Waals surface area contributed by atoms with Gasteiger partial charge < -0.3 is 20.3 Å². The lowest BCUT2D eigenvalue weighted by Gasteiger charge is -2.24. The number of hydrogen-bond acceptors (Lipinski definition) is 5. The quantitative estimate of drug-likeness (QED) is 0.0321. The Bertz CT molecular complexity index is 1040. The summed E-state index contributed by atoms with van der Waals surface area (Å²) in [6.07, 6.45) is 60.6. The first-order valence-corrected chi connectivity index (χ1v) is 27.7. The molecule has 0 aliphatic heterocycles. The molecule has 3 N–H and O–H groups in total. The minimum atomic E-state index is -0.789. The van der Waals surface area contributed by atoms with E-state index in [1.54, 1.807) is 0 Å². The van der Waals surface area contributed by atoms with E-state index in [-0.39, 0.29) is 24.9 Å². The fourth-order valence-corrected chi connectivity index (χ4v) is 8.50. The van der Waals surface area contributed by atoms with Gasteiger partial charge in [-0.05, 0) is 64.2 Å². The number of carbonyl (C=O) groups excluding carboxylic acids is 2. The average molecular weight is 886 g/mol. The van der Waals surface area contributed by atoms with Gasteiger partial charge in [0.1, 0.15) is 6.10 Å². The SMILES string of the molecule is CCCCC/C=C\C/C=C\C/C=C\CCCCCCC(=O)OC(CCCCCCCCCCCCCCCC)CC(=O)NC(CO)C(O)CCCCCCCCCCCCCCC. The summed E-state index contributed by atoms with van der Waals surface area (Å²) in [6.45, 7) is 6.48. The van der Waals surface area contributed by atoms with E-state index in [9.17, 15) is 19.8 Å². The van der Waals surface area contributed by atoms with Gasteiger partial charge in [0, 0.05) is 6.42 Å². The average Bonchev–Trinajstić information content (AvgIpc) is 3.28. The monoisotopic (exact) mass is 886 g/mol. The number of nitrogens with one attached hydrogen (secondary N) is 1. The van der Waals surface area contributed by atoms with Crippen LogP contribution in [0, 0.1) is 0 Å². The van der Waals surface area contributed by atoms with E-state index in [1.165, 1.54) is 173 Å². The fraction of sp³-hybridized carbons (Fsp3) is 0.860. The van der Waals surface area contributed by atoms with Crippen LogP contribution in [0.3, 0.4) is 0 Å². The van der Waals surface area contributed by atoms with Crippen LogP contribution >= 0.6 is 0 Å². The first-order chi connectivity index (χ1) is 31.0. The number of ether oxygens (including phenoxy) is 1. The molecule has 0 aromatic heterocycles. The van der Waals surface area contributed by atoms with Crippen LogP contribution in [0.15, 0.2) is 36.5 Å². The number of unbranched alkanes of at least 4 members (excludes halogenated alkanes) is 32. The third-order valence-electron chi connectivity index (χ3n) is 12.7. The Morgan fingerprint density at radius 3 is 1.25 bits per heavy atom. The van der Waals surface area contributed by atoms with E-state index in [0.29, 0.717) is 19.3 Å². The van der Waals surface area contributed by atoms with E-state index in [4.69, 9.17) is 4.74 Å². The molecule has 0 rings (SSSR count). The summed E-state index contributed by atoms with van der Waals surface area (Å²) >= 11 is 0. The molecule has 0 radical (unpaired) electrons. The van der Waals surface area contributed by atoms with Gasteiger partial charge in [0.2, 0.25) is 5.91 Å². The zero-order valence-corrected chi connectivity index (χ0v) is 42.2. The molecule has 3 unspecified atom stereocenters. The molecule has 1 amide bonds. The molecule has 6 heteroatoms. The molecule has 3 atom stereocenters. The molecule has 0 aromatic rings. The van der Waals surface area contributed by atoms with Gasteiger partial charge in [0.25, 0.3) is 0 Å². The zero-order valence-electron chi connectivity index (χ0n) is 42.2. The maximum atomic E-state index is 13.2. The molecule has 63 heavy (non-hydrogen) atoms. The van der Waals surface area contributed by atoms with Crippen LogP contribution in [0.1, 0.15) is 290 Å². The highest BCUT2D eigenvalue weighted by Crippen LogP contribution is 2.18. The summed E-state index contributed by atoms with van der Waals surface area (Å²) in [5, 5.41) is 23.8. The zero-order chi connectivity index (χ0) is 45.9. The van der Waals surface area contributed by atoms with E-state index >= 15 is 0 Å². The third kappa shape index (κ3) is 46.4. The largest absolute Gasteiger partial charge is 0.462 e. The first kappa shape index (κ1) is 61.1. The van der Waals surface area contributed by atoms with Crippen LogP contribution in [0.4, 0.5) is 0 Å². The number of hydrogen-bond donors (Lipinski definition) is 3.